The summed E-state index contributed by atoms with van der Waals surface area (Å²) in [5.74, 6) is -2.38. The molecule has 0 saturated carbocycles. The summed E-state index contributed by atoms with van der Waals surface area (Å²) in [6.45, 7) is 0. The van der Waals surface area contributed by atoms with Gasteiger partial charge in [-0.15, -0.1) is 0 Å². The van der Waals surface area contributed by atoms with Crippen LogP contribution in [0.5, 0.6) is 11.5 Å². The lowest BCUT2D eigenvalue weighted by Gasteiger charge is -2.14. The van der Waals surface area contributed by atoms with Gasteiger partial charge in [-0.05, 0) is 12.1 Å². The molecule has 0 aliphatic carbocycles. The van der Waals surface area contributed by atoms with E-state index in [1.807, 2.05) is 0 Å². The average Bonchev–Trinajstić information content (AvgIpc) is 2.61. The SMILES string of the molecule is COc1cc(OC)cc(-c2ncnc(Cl)c2-c2c(F)cc(F)cc2F)c1. The third-order valence-electron chi connectivity index (χ3n) is 3.68. The fourth-order valence-corrected chi connectivity index (χ4v) is 2.76. The molecule has 8 heteroatoms. The first-order chi connectivity index (χ1) is 12.4. The van der Waals surface area contributed by atoms with E-state index in [9.17, 15) is 13.2 Å². The van der Waals surface area contributed by atoms with Crippen molar-refractivity contribution in [1.29, 1.82) is 0 Å². The topological polar surface area (TPSA) is 44.2 Å². The maximum atomic E-state index is 14.3. The predicted octanol–water partition coefficient (Wildman–Crippen LogP) is 4.90. The molecule has 0 aliphatic heterocycles. The minimum absolute atomic E-state index is 0.0977. The molecule has 0 bridgehead atoms. The second-order valence-electron chi connectivity index (χ2n) is 5.23. The van der Waals surface area contributed by atoms with Crippen molar-refractivity contribution in [2.45, 2.75) is 0 Å². The quantitative estimate of drug-likeness (QED) is 0.604. The van der Waals surface area contributed by atoms with Crippen molar-refractivity contribution < 1.29 is 22.6 Å². The summed E-state index contributed by atoms with van der Waals surface area (Å²) in [6.07, 6.45) is 1.16. The molecule has 0 aliphatic rings. The molecule has 0 radical (unpaired) electrons. The highest BCUT2D eigenvalue weighted by Gasteiger charge is 2.22. The van der Waals surface area contributed by atoms with Gasteiger partial charge in [0.25, 0.3) is 0 Å². The van der Waals surface area contributed by atoms with Gasteiger partial charge < -0.3 is 9.47 Å². The smallest absolute Gasteiger partial charge is 0.141 e. The second-order valence-corrected chi connectivity index (χ2v) is 5.59. The van der Waals surface area contributed by atoms with E-state index < -0.39 is 23.0 Å². The average molecular weight is 381 g/mol. The van der Waals surface area contributed by atoms with E-state index in [4.69, 9.17) is 21.1 Å². The molecule has 1 aromatic heterocycles. The Morgan fingerprint density at radius 1 is 0.808 bits per heavy atom. The number of aromatic nitrogens is 2. The standard InChI is InChI=1S/C18H12ClF3N2O2/c1-25-11-3-9(4-12(7-11)26-2)17-16(18(19)24-8-23-17)15-13(21)5-10(20)6-14(15)22/h3-8H,1-2H3. The Bertz CT molecular complexity index is 937. The number of methoxy groups -OCH3 is 2. The Balaban J connectivity index is 2.32. The van der Waals surface area contributed by atoms with Gasteiger partial charge in [-0.2, -0.15) is 0 Å². The van der Waals surface area contributed by atoms with Gasteiger partial charge in [-0.3, -0.25) is 0 Å². The number of ether oxygens (including phenoxy) is 2. The summed E-state index contributed by atoms with van der Waals surface area (Å²) in [4.78, 5) is 7.90. The lowest BCUT2D eigenvalue weighted by Crippen LogP contribution is -1.99. The van der Waals surface area contributed by atoms with Crippen molar-refractivity contribution in [2.75, 3.05) is 14.2 Å². The lowest BCUT2D eigenvalue weighted by atomic mass is 9.99. The van der Waals surface area contributed by atoms with Crippen LogP contribution < -0.4 is 9.47 Å². The number of benzene rings is 2. The van der Waals surface area contributed by atoms with Gasteiger partial charge in [0.15, 0.2) is 0 Å². The van der Waals surface area contributed by atoms with Gasteiger partial charge >= 0.3 is 0 Å². The predicted molar refractivity (Wildman–Crippen MR) is 90.9 cm³/mol. The van der Waals surface area contributed by atoms with Crippen molar-refractivity contribution >= 4 is 11.6 Å². The lowest BCUT2D eigenvalue weighted by molar-refractivity contribution is 0.394. The molecule has 0 atom stereocenters. The highest BCUT2D eigenvalue weighted by molar-refractivity contribution is 6.32. The highest BCUT2D eigenvalue weighted by atomic mass is 35.5. The molecule has 3 aromatic rings. The van der Waals surface area contributed by atoms with Gasteiger partial charge in [0.05, 0.1) is 31.0 Å². The molecular weight excluding hydrogens is 369 g/mol. The van der Waals surface area contributed by atoms with Gasteiger partial charge in [-0.1, -0.05) is 11.6 Å². The van der Waals surface area contributed by atoms with Crippen LogP contribution in [0.2, 0.25) is 5.15 Å². The van der Waals surface area contributed by atoms with Crippen LogP contribution in [0.15, 0.2) is 36.7 Å². The summed E-state index contributed by atoms with van der Waals surface area (Å²) in [5.41, 5.74) is -0.0384. The molecule has 0 unspecified atom stereocenters. The Kier molecular flexibility index (Phi) is 4.99. The van der Waals surface area contributed by atoms with Crippen LogP contribution in [-0.4, -0.2) is 24.2 Å². The Labute approximate surface area is 152 Å². The van der Waals surface area contributed by atoms with Crippen LogP contribution in [0.3, 0.4) is 0 Å². The van der Waals surface area contributed by atoms with Crippen LogP contribution in [0, 0.1) is 17.5 Å². The molecule has 0 N–H and O–H groups in total. The van der Waals surface area contributed by atoms with E-state index in [1.54, 1.807) is 18.2 Å². The van der Waals surface area contributed by atoms with Gasteiger partial charge in [-0.25, -0.2) is 23.1 Å². The maximum absolute atomic E-state index is 14.3. The van der Waals surface area contributed by atoms with Gasteiger partial charge in [0.2, 0.25) is 0 Å². The third-order valence-corrected chi connectivity index (χ3v) is 3.97. The first-order valence-electron chi connectivity index (χ1n) is 7.33. The summed E-state index contributed by atoms with van der Waals surface area (Å²) >= 11 is 6.10. The van der Waals surface area contributed by atoms with E-state index >= 15 is 0 Å². The van der Waals surface area contributed by atoms with E-state index in [0.29, 0.717) is 29.2 Å². The molecule has 1 heterocycles. The Hall–Kier alpha value is -2.80. The maximum Gasteiger partial charge on any atom is 0.141 e. The third kappa shape index (κ3) is 3.30. The van der Waals surface area contributed by atoms with E-state index in [1.165, 1.54) is 14.2 Å². The van der Waals surface area contributed by atoms with Crippen LogP contribution in [0.1, 0.15) is 0 Å². The summed E-state index contributed by atoms with van der Waals surface area (Å²) in [5, 5.41) is -0.179. The molecule has 26 heavy (non-hydrogen) atoms. The number of halogens is 4. The van der Waals surface area contributed by atoms with Crippen molar-refractivity contribution in [3.63, 3.8) is 0 Å². The minimum atomic E-state index is -1.12. The molecule has 0 spiro atoms. The molecule has 0 amide bonds. The Morgan fingerprint density at radius 2 is 1.38 bits per heavy atom. The summed E-state index contributed by atoms with van der Waals surface area (Å²) < 4.78 is 52.3. The van der Waals surface area contributed by atoms with Crippen molar-refractivity contribution in [2.24, 2.45) is 0 Å². The molecule has 3 rings (SSSR count). The monoisotopic (exact) mass is 380 g/mol. The number of nitrogens with zero attached hydrogens (tertiary/aromatic N) is 2. The van der Waals surface area contributed by atoms with Crippen molar-refractivity contribution in [3.05, 3.63) is 59.3 Å². The first-order valence-corrected chi connectivity index (χ1v) is 7.71. The van der Waals surface area contributed by atoms with Crippen molar-refractivity contribution in [1.82, 2.24) is 9.97 Å². The summed E-state index contributed by atoms with van der Waals surface area (Å²) in [6, 6.07) is 5.97. The highest BCUT2D eigenvalue weighted by Crippen LogP contribution is 2.40. The zero-order valence-corrected chi connectivity index (χ0v) is 14.4. The van der Waals surface area contributed by atoms with Crippen LogP contribution >= 0.6 is 11.6 Å². The minimum Gasteiger partial charge on any atom is -0.497 e. The van der Waals surface area contributed by atoms with E-state index in [0.717, 1.165) is 6.33 Å². The molecule has 0 saturated heterocycles. The van der Waals surface area contributed by atoms with Gasteiger partial charge in [0, 0.05) is 23.8 Å². The zero-order valence-electron chi connectivity index (χ0n) is 13.7. The number of rotatable bonds is 4. The van der Waals surface area contributed by atoms with Crippen LogP contribution in [0.4, 0.5) is 13.2 Å². The number of hydrogen-bond donors (Lipinski definition) is 0. The zero-order chi connectivity index (χ0) is 18.8. The second kappa shape index (κ2) is 7.21. The molecule has 0 fully saturated rings. The van der Waals surface area contributed by atoms with E-state index in [-0.39, 0.29) is 16.4 Å². The van der Waals surface area contributed by atoms with E-state index in [2.05, 4.69) is 9.97 Å². The van der Waals surface area contributed by atoms with Crippen molar-refractivity contribution in [3.8, 4) is 33.9 Å². The van der Waals surface area contributed by atoms with Gasteiger partial charge in [0.1, 0.15) is 40.4 Å². The normalized spacial score (nSPS) is 10.7. The van der Waals surface area contributed by atoms with Crippen LogP contribution in [0.25, 0.3) is 22.4 Å². The molecule has 2 aromatic carbocycles. The number of hydrogen-bond acceptors (Lipinski definition) is 4. The first kappa shape index (κ1) is 18.0. The van der Waals surface area contributed by atoms with Crippen LogP contribution in [-0.2, 0) is 0 Å². The molecule has 4 nitrogen and oxygen atoms in total. The molecule has 134 valence electrons. The largest absolute Gasteiger partial charge is 0.497 e. The summed E-state index contributed by atoms with van der Waals surface area (Å²) in [7, 11) is 2.93. The fourth-order valence-electron chi connectivity index (χ4n) is 2.53. The Morgan fingerprint density at radius 3 is 1.92 bits per heavy atom. The fraction of sp³-hybridized carbons (Fsp3) is 0.111. The molecular formula is C18H12ClF3N2O2.